The molecule has 0 heterocycles. The minimum Gasteiger partial charge on any atom is -0.480 e. The topological polar surface area (TPSA) is 113 Å². The Balaban J connectivity index is 2.87. The number of hydrogen-bond acceptors (Lipinski definition) is 4. The second-order valence-corrected chi connectivity index (χ2v) is 6.07. The summed E-state index contributed by atoms with van der Waals surface area (Å²) in [7, 11) is -4.03. The molecule has 8 heteroatoms. The van der Waals surface area contributed by atoms with Crippen LogP contribution in [0.5, 0.6) is 0 Å². The lowest BCUT2D eigenvalue weighted by atomic mass is 10.1. The van der Waals surface area contributed by atoms with Crippen LogP contribution in [0.15, 0.2) is 35.7 Å². The molecular weight excluding hydrogens is 308 g/mol. The molecule has 1 aromatic carbocycles. The van der Waals surface area contributed by atoms with Crippen LogP contribution in [-0.4, -0.2) is 31.6 Å². The summed E-state index contributed by atoms with van der Waals surface area (Å²) in [6.45, 7) is 3.02. The number of allylic oxidation sites excluding steroid dienone is 1. The first kappa shape index (κ1) is 17.7. The van der Waals surface area contributed by atoms with Crippen molar-refractivity contribution in [2.24, 2.45) is 0 Å². The number of benzene rings is 1. The molecule has 0 radical (unpaired) electrons. The quantitative estimate of drug-likeness (QED) is 0.734. The molecule has 0 aliphatic carbocycles. The van der Waals surface area contributed by atoms with E-state index in [1.54, 1.807) is 35.9 Å². The van der Waals surface area contributed by atoms with E-state index in [9.17, 15) is 18.0 Å². The fourth-order valence-corrected chi connectivity index (χ4v) is 2.70. The summed E-state index contributed by atoms with van der Waals surface area (Å²) in [5, 5.41) is 11.6. The molecule has 22 heavy (non-hydrogen) atoms. The summed E-state index contributed by atoms with van der Waals surface area (Å²) in [5.74, 6) is -1.26. The first-order chi connectivity index (χ1) is 10.2. The fraction of sp³-hybridized carbons (Fsp3) is 0.286. The normalized spacial score (nSPS) is 13.3. The van der Waals surface area contributed by atoms with Gasteiger partial charge in [-0.2, -0.15) is 0 Å². The summed E-state index contributed by atoms with van der Waals surface area (Å²) in [5.41, 5.74) is 1.27. The number of rotatable bonds is 6. The van der Waals surface area contributed by atoms with E-state index >= 15 is 0 Å². The van der Waals surface area contributed by atoms with Gasteiger partial charge in [-0.05, 0) is 24.5 Å². The number of carbonyl (C=O) groups excluding carboxylic acids is 1. The van der Waals surface area contributed by atoms with E-state index in [1.807, 2.05) is 11.4 Å². The van der Waals surface area contributed by atoms with Crippen LogP contribution in [0, 0.1) is 0 Å². The zero-order chi connectivity index (χ0) is 16.8. The van der Waals surface area contributed by atoms with Crippen molar-refractivity contribution in [3.63, 3.8) is 0 Å². The number of hydrogen-bond donors (Lipinski definition) is 3. The van der Waals surface area contributed by atoms with Gasteiger partial charge in [-0.15, -0.1) is 0 Å². The van der Waals surface area contributed by atoms with Crippen molar-refractivity contribution in [2.75, 3.05) is 0 Å². The van der Waals surface area contributed by atoms with Gasteiger partial charge in [0.05, 0.1) is 5.41 Å². The van der Waals surface area contributed by atoms with Crippen molar-refractivity contribution in [1.29, 1.82) is 0 Å². The smallest absolute Gasteiger partial charge is 0.329 e. The highest BCUT2D eigenvalue weighted by Crippen LogP contribution is 2.18. The number of urea groups is 1. The zero-order valence-electron chi connectivity index (χ0n) is 12.2. The van der Waals surface area contributed by atoms with Crippen molar-refractivity contribution in [1.82, 2.24) is 10.0 Å². The molecule has 0 aliphatic heterocycles. The SMILES string of the molecule is CC/C(=C\S(=O)(=O)NC(=O)NC(C)C(=O)O)c1ccccc1. The van der Waals surface area contributed by atoms with Gasteiger partial charge in [0, 0.05) is 0 Å². The van der Waals surface area contributed by atoms with Crippen molar-refractivity contribution in [3.8, 4) is 0 Å². The Kier molecular flexibility index (Phi) is 6.11. The summed E-state index contributed by atoms with van der Waals surface area (Å²) < 4.78 is 25.6. The summed E-state index contributed by atoms with van der Waals surface area (Å²) in [6.07, 6.45) is 0.456. The second-order valence-electron chi connectivity index (χ2n) is 4.54. The first-order valence-electron chi connectivity index (χ1n) is 6.57. The van der Waals surface area contributed by atoms with Crippen LogP contribution in [0.3, 0.4) is 0 Å². The highest BCUT2D eigenvalue weighted by Gasteiger charge is 2.18. The molecule has 0 aromatic heterocycles. The Hall–Kier alpha value is -2.35. The van der Waals surface area contributed by atoms with Gasteiger partial charge < -0.3 is 10.4 Å². The number of amides is 2. The van der Waals surface area contributed by atoms with E-state index in [0.29, 0.717) is 12.0 Å². The molecule has 120 valence electrons. The molecule has 3 N–H and O–H groups in total. The number of sulfonamides is 1. The lowest BCUT2D eigenvalue weighted by molar-refractivity contribution is -0.138. The van der Waals surface area contributed by atoms with Crippen LogP contribution in [0.1, 0.15) is 25.8 Å². The molecule has 0 saturated carbocycles. The van der Waals surface area contributed by atoms with E-state index in [2.05, 4.69) is 0 Å². The van der Waals surface area contributed by atoms with E-state index in [-0.39, 0.29) is 0 Å². The third-order valence-corrected chi connectivity index (χ3v) is 3.84. The molecule has 0 bridgehead atoms. The molecule has 1 unspecified atom stereocenters. The lowest BCUT2D eigenvalue weighted by Gasteiger charge is -2.10. The Morgan fingerprint density at radius 3 is 2.36 bits per heavy atom. The molecule has 1 atom stereocenters. The molecule has 0 saturated heterocycles. The van der Waals surface area contributed by atoms with Gasteiger partial charge in [0.25, 0.3) is 10.0 Å². The van der Waals surface area contributed by atoms with E-state index in [0.717, 1.165) is 11.0 Å². The van der Waals surface area contributed by atoms with Gasteiger partial charge in [-0.25, -0.2) is 17.9 Å². The molecule has 0 aliphatic rings. The molecular formula is C14H18N2O5S. The van der Waals surface area contributed by atoms with Crippen molar-refractivity contribution >= 4 is 27.6 Å². The standard InChI is InChI=1S/C14H18N2O5S/c1-3-11(12-7-5-4-6-8-12)9-22(20,21)16-14(19)15-10(2)13(17)18/h4-10H,3H2,1-2H3,(H,17,18)(H2,15,16,19)/b11-9+. The fourth-order valence-electron chi connectivity index (χ4n) is 1.64. The number of carboxylic acid groups (broad SMARTS) is 1. The van der Waals surface area contributed by atoms with Gasteiger partial charge in [-0.1, -0.05) is 37.3 Å². The predicted octanol–water partition coefficient (Wildman–Crippen LogP) is 1.54. The van der Waals surface area contributed by atoms with Gasteiger partial charge in [0.15, 0.2) is 0 Å². The maximum Gasteiger partial charge on any atom is 0.329 e. The predicted molar refractivity (Wildman–Crippen MR) is 82.4 cm³/mol. The summed E-state index contributed by atoms with van der Waals surface area (Å²) in [4.78, 5) is 22.1. The van der Waals surface area contributed by atoms with E-state index in [4.69, 9.17) is 5.11 Å². The minimum atomic E-state index is -4.03. The van der Waals surface area contributed by atoms with Gasteiger partial charge in [-0.3, -0.25) is 4.79 Å². The third kappa shape index (κ3) is 5.57. The Morgan fingerprint density at radius 2 is 1.86 bits per heavy atom. The largest absolute Gasteiger partial charge is 0.480 e. The molecule has 2 amide bonds. The van der Waals surface area contributed by atoms with Gasteiger partial charge >= 0.3 is 12.0 Å². The molecule has 1 rings (SSSR count). The molecule has 1 aromatic rings. The van der Waals surface area contributed by atoms with Gasteiger partial charge in [0.1, 0.15) is 6.04 Å². The van der Waals surface area contributed by atoms with Crippen LogP contribution in [-0.2, 0) is 14.8 Å². The number of nitrogens with one attached hydrogen (secondary N) is 2. The van der Waals surface area contributed by atoms with E-state index in [1.165, 1.54) is 6.92 Å². The van der Waals surface area contributed by atoms with Gasteiger partial charge in [0.2, 0.25) is 0 Å². The van der Waals surface area contributed by atoms with E-state index < -0.39 is 28.1 Å². The van der Waals surface area contributed by atoms with Crippen LogP contribution in [0.2, 0.25) is 0 Å². The van der Waals surface area contributed by atoms with Crippen molar-refractivity contribution in [2.45, 2.75) is 26.3 Å². The van der Waals surface area contributed by atoms with Crippen LogP contribution < -0.4 is 10.0 Å². The maximum absolute atomic E-state index is 11.9. The number of aliphatic carboxylic acids is 1. The average molecular weight is 326 g/mol. The molecule has 0 spiro atoms. The van der Waals surface area contributed by atoms with Crippen molar-refractivity contribution in [3.05, 3.63) is 41.3 Å². The third-order valence-electron chi connectivity index (χ3n) is 2.78. The summed E-state index contributed by atoms with van der Waals surface area (Å²) >= 11 is 0. The maximum atomic E-state index is 11.9. The van der Waals surface area contributed by atoms with Crippen molar-refractivity contribution < 1.29 is 23.1 Å². The Morgan fingerprint density at radius 1 is 1.27 bits per heavy atom. The zero-order valence-corrected chi connectivity index (χ0v) is 13.1. The average Bonchev–Trinajstić information content (AvgIpc) is 2.44. The first-order valence-corrected chi connectivity index (χ1v) is 8.12. The number of carboxylic acids is 1. The molecule has 7 nitrogen and oxygen atoms in total. The second kappa shape index (κ2) is 7.60. The number of carbonyl (C=O) groups is 2. The Labute approximate surface area is 129 Å². The van der Waals surface area contributed by atoms with Crippen LogP contribution >= 0.6 is 0 Å². The highest BCUT2D eigenvalue weighted by molar-refractivity contribution is 7.93. The highest BCUT2D eigenvalue weighted by atomic mass is 32.2. The summed E-state index contributed by atoms with van der Waals surface area (Å²) in [6, 6.07) is 6.60. The monoisotopic (exact) mass is 326 g/mol. The van der Waals surface area contributed by atoms with Crippen LogP contribution in [0.25, 0.3) is 5.57 Å². The molecule has 0 fully saturated rings. The van der Waals surface area contributed by atoms with Crippen LogP contribution in [0.4, 0.5) is 4.79 Å². The lowest BCUT2D eigenvalue weighted by Crippen LogP contribution is -2.45. The minimum absolute atomic E-state index is 0.456. The Bertz CT molecular complexity index is 668.